The van der Waals surface area contributed by atoms with Crippen LogP contribution in [-0.2, 0) is 4.79 Å². The van der Waals surface area contributed by atoms with Gasteiger partial charge in [-0.2, -0.15) is 10.5 Å². The number of aliphatic carboxylic acids is 1. The number of hydrogen-bond donors (Lipinski definition) is 1. The number of carbonyl (C=O) groups is 1. The van der Waals surface area contributed by atoms with E-state index >= 15 is 0 Å². The zero-order valence-electron chi connectivity index (χ0n) is 18.5. The van der Waals surface area contributed by atoms with Gasteiger partial charge in [0.2, 0.25) is 0 Å². The monoisotopic (exact) mass is 473 g/mol. The largest absolute Gasteiger partial charge is 0.477 e. The van der Waals surface area contributed by atoms with Gasteiger partial charge in [-0.05, 0) is 66.2 Å². The Morgan fingerprint density at radius 2 is 1.31 bits per heavy atom. The van der Waals surface area contributed by atoms with Crippen LogP contribution in [0.1, 0.15) is 15.3 Å². The predicted molar refractivity (Wildman–Crippen MR) is 140 cm³/mol. The van der Waals surface area contributed by atoms with Crippen LogP contribution < -0.4 is 4.90 Å². The third-order valence-corrected chi connectivity index (χ3v) is 6.21. The Morgan fingerprint density at radius 3 is 1.83 bits per heavy atom. The average molecular weight is 474 g/mol. The molecule has 0 aliphatic carbocycles. The molecule has 3 aromatic carbocycles. The Balaban J connectivity index is 1.64. The lowest BCUT2D eigenvalue weighted by atomic mass is 10.1. The molecule has 0 aliphatic rings. The van der Waals surface area contributed by atoms with E-state index in [-0.39, 0.29) is 5.57 Å². The number of rotatable bonds is 7. The zero-order valence-corrected chi connectivity index (χ0v) is 19.3. The molecule has 1 aromatic heterocycles. The summed E-state index contributed by atoms with van der Waals surface area (Å²) in [4.78, 5) is 14.5. The van der Waals surface area contributed by atoms with Crippen LogP contribution in [0.25, 0.3) is 17.7 Å². The molecule has 0 saturated carbocycles. The van der Waals surface area contributed by atoms with E-state index in [1.807, 2.05) is 60.7 Å². The van der Waals surface area contributed by atoms with E-state index in [0.717, 1.165) is 22.6 Å². The molecule has 0 bridgehead atoms. The third-order valence-electron chi connectivity index (χ3n) is 5.14. The molecule has 0 spiro atoms. The fraction of sp³-hybridized carbons (Fsp3) is 0. The Kier molecular flexibility index (Phi) is 7.18. The Hall–Kier alpha value is -4.91. The molecule has 1 N–H and O–H groups in total. The summed E-state index contributed by atoms with van der Waals surface area (Å²) in [6, 6.07) is 35.5. The first-order chi connectivity index (χ1) is 17.1. The van der Waals surface area contributed by atoms with Crippen molar-refractivity contribution in [1.29, 1.82) is 10.5 Å². The van der Waals surface area contributed by atoms with Crippen molar-refractivity contribution in [1.82, 2.24) is 0 Å². The van der Waals surface area contributed by atoms with Gasteiger partial charge in [0.05, 0.1) is 5.57 Å². The van der Waals surface area contributed by atoms with Crippen LogP contribution in [0.4, 0.5) is 17.1 Å². The molecule has 0 fully saturated rings. The van der Waals surface area contributed by atoms with E-state index in [1.54, 1.807) is 24.3 Å². The Morgan fingerprint density at radius 1 is 0.743 bits per heavy atom. The van der Waals surface area contributed by atoms with Gasteiger partial charge in [0.15, 0.2) is 0 Å². The third kappa shape index (κ3) is 5.54. The van der Waals surface area contributed by atoms with Gasteiger partial charge < -0.3 is 10.0 Å². The minimum Gasteiger partial charge on any atom is -0.477 e. The number of carboxylic acids is 1. The van der Waals surface area contributed by atoms with E-state index in [2.05, 4.69) is 35.2 Å². The number of benzene rings is 3. The molecule has 0 radical (unpaired) electrons. The zero-order chi connectivity index (χ0) is 24.6. The van der Waals surface area contributed by atoms with E-state index in [9.17, 15) is 10.1 Å². The lowest BCUT2D eigenvalue weighted by Crippen LogP contribution is -2.09. The quantitative estimate of drug-likeness (QED) is 0.225. The molecule has 0 unspecified atom stereocenters. The van der Waals surface area contributed by atoms with Gasteiger partial charge in [-0.3, -0.25) is 0 Å². The molecular formula is C29H19N3O2S. The van der Waals surface area contributed by atoms with Crippen LogP contribution in [0, 0.1) is 22.7 Å². The lowest BCUT2D eigenvalue weighted by molar-refractivity contribution is -0.132. The number of nitriles is 2. The van der Waals surface area contributed by atoms with Gasteiger partial charge in [0.1, 0.15) is 17.7 Å². The van der Waals surface area contributed by atoms with Crippen molar-refractivity contribution in [2.45, 2.75) is 0 Å². The lowest BCUT2D eigenvalue weighted by Gasteiger charge is -2.25. The van der Waals surface area contributed by atoms with Crippen LogP contribution in [0.15, 0.2) is 103 Å². The van der Waals surface area contributed by atoms with Crippen molar-refractivity contribution in [3.63, 3.8) is 0 Å². The van der Waals surface area contributed by atoms with Gasteiger partial charge in [0.25, 0.3) is 0 Å². The first kappa shape index (κ1) is 23.3. The van der Waals surface area contributed by atoms with Gasteiger partial charge in [-0.25, -0.2) is 4.79 Å². The van der Waals surface area contributed by atoms with Crippen LogP contribution in [0.2, 0.25) is 0 Å². The number of nitrogens with zero attached hydrogens (tertiary/aromatic N) is 3. The van der Waals surface area contributed by atoms with Crippen molar-refractivity contribution in [3.05, 3.63) is 118 Å². The van der Waals surface area contributed by atoms with Crippen molar-refractivity contribution in [3.8, 4) is 12.1 Å². The fourth-order valence-electron chi connectivity index (χ4n) is 3.51. The van der Waals surface area contributed by atoms with Gasteiger partial charge in [-0.1, -0.05) is 48.5 Å². The molecule has 0 amide bonds. The maximum absolute atomic E-state index is 11.1. The molecule has 0 aliphatic heterocycles. The maximum atomic E-state index is 11.1. The summed E-state index contributed by atoms with van der Waals surface area (Å²) < 4.78 is 0. The summed E-state index contributed by atoms with van der Waals surface area (Å²) in [6.07, 6.45) is 3.10. The highest BCUT2D eigenvalue weighted by Gasteiger charge is 2.12. The molecule has 4 rings (SSSR count). The molecule has 0 atom stereocenters. The van der Waals surface area contributed by atoms with Gasteiger partial charge >= 0.3 is 5.97 Å². The van der Waals surface area contributed by atoms with E-state index < -0.39 is 5.97 Å². The predicted octanol–water partition coefficient (Wildman–Crippen LogP) is 7.27. The number of hydrogen-bond acceptors (Lipinski definition) is 5. The van der Waals surface area contributed by atoms with E-state index in [0.29, 0.717) is 15.3 Å². The summed E-state index contributed by atoms with van der Waals surface area (Å²) in [7, 11) is 0. The summed E-state index contributed by atoms with van der Waals surface area (Å²) in [5, 5.41) is 27.7. The number of carboxylic acid groups (broad SMARTS) is 1. The average Bonchev–Trinajstić information content (AvgIpc) is 3.36. The van der Waals surface area contributed by atoms with Gasteiger partial charge in [0, 0.05) is 26.8 Å². The second-order valence-corrected chi connectivity index (χ2v) is 8.56. The van der Waals surface area contributed by atoms with Crippen molar-refractivity contribution in [2.75, 3.05) is 4.90 Å². The summed E-state index contributed by atoms with van der Waals surface area (Å²) >= 11 is 1.26. The van der Waals surface area contributed by atoms with Crippen molar-refractivity contribution >= 4 is 52.1 Å². The minimum atomic E-state index is -1.28. The summed E-state index contributed by atoms with van der Waals surface area (Å²) in [5.41, 5.74) is 4.03. The maximum Gasteiger partial charge on any atom is 0.346 e. The number of allylic oxidation sites excluding steroid dienone is 1. The van der Waals surface area contributed by atoms with Crippen molar-refractivity contribution < 1.29 is 9.90 Å². The second kappa shape index (κ2) is 10.8. The molecule has 6 heteroatoms. The standard InChI is InChI=1S/C29H19N3O2S/c30-19-22(28-16-15-27(35-28)18-23(20-31)29(33)34)17-21-11-13-26(14-12-21)32(24-7-3-1-4-8-24)25-9-5-2-6-10-25/h1-18H,(H,33,34)/b22-17-,23-18+. The molecule has 0 saturated heterocycles. The molecule has 168 valence electrons. The highest BCUT2D eigenvalue weighted by atomic mass is 32.1. The topological polar surface area (TPSA) is 88.1 Å². The van der Waals surface area contributed by atoms with Crippen LogP contribution in [0.5, 0.6) is 0 Å². The number of thiophene rings is 1. The highest BCUT2D eigenvalue weighted by Crippen LogP contribution is 2.34. The second-order valence-electron chi connectivity index (χ2n) is 7.44. The van der Waals surface area contributed by atoms with Crippen LogP contribution in [0.3, 0.4) is 0 Å². The molecule has 5 nitrogen and oxygen atoms in total. The number of anilines is 3. The first-order valence-corrected chi connectivity index (χ1v) is 11.5. The normalized spacial score (nSPS) is 11.4. The van der Waals surface area contributed by atoms with Crippen LogP contribution in [-0.4, -0.2) is 11.1 Å². The molecular weight excluding hydrogens is 454 g/mol. The summed E-state index contributed by atoms with van der Waals surface area (Å²) in [6.45, 7) is 0. The highest BCUT2D eigenvalue weighted by molar-refractivity contribution is 7.14. The van der Waals surface area contributed by atoms with Gasteiger partial charge in [-0.15, -0.1) is 11.3 Å². The van der Waals surface area contributed by atoms with Crippen LogP contribution >= 0.6 is 11.3 Å². The molecule has 35 heavy (non-hydrogen) atoms. The number of para-hydroxylation sites is 2. The SMILES string of the molecule is N#C/C(=C/c1ccc(N(c2ccccc2)c2ccccc2)cc1)c1ccc(/C=C(\C#N)C(=O)O)s1. The van der Waals surface area contributed by atoms with E-state index in [4.69, 9.17) is 10.4 Å². The summed E-state index contributed by atoms with van der Waals surface area (Å²) in [5.74, 6) is -1.28. The first-order valence-electron chi connectivity index (χ1n) is 10.7. The van der Waals surface area contributed by atoms with Crippen molar-refractivity contribution in [2.24, 2.45) is 0 Å². The Labute approximate surface area is 207 Å². The Bertz CT molecular complexity index is 1430. The van der Waals surface area contributed by atoms with E-state index in [1.165, 1.54) is 17.4 Å². The smallest absolute Gasteiger partial charge is 0.346 e. The molecule has 4 aromatic rings. The minimum absolute atomic E-state index is 0.349. The fourth-order valence-corrected chi connectivity index (χ4v) is 4.42. The molecule has 1 heterocycles.